The van der Waals surface area contributed by atoms with E-state index in [9.17, 15) is 4.79 Å². The molecule has 0 spiro atoms. The average molecular weight is 492 g/mol. The lowest BCUT2D eigenvalue weighted by atomic mass is 10.1. The van der Waals surface area contributed by atoms with Crippen LogP contribution >= 0.6 is 24.0 Å². The molecule has 6 heteroatoms. The van der Waals surface area contributed by atoms with E-state index >= 15 is 0 Å². The van der Waals surface area contributed by atoms with Crippen LogP contribution in [-0.4, -0.2) is 32.0 Å². The van der Waals surface area contributed by atoms with Crippen molar-refractivity contribution in [2.45, 2.75) is 32.7 Å². The number of amides is 1. The molecule has 1 heterocycles. The Bertz CT molecular complexity index is 822. The number of hydrogen-bond donors (Lipinski definition) is 2. The highest BCUT2D eigenvalue weighted by molar-refractivity contribution is 14.0. The number of guanidine groups is 1. The van der Waals surface area contributed by atoms with E-state index in [1.165, 1.54) is 16.7 Å². The fraction of sp³-hybridized carbons (Fsp3) is 0.364. The van der Waals surface area contributed by atoms with Crippen molar-refractivity contribution < 1.29 is 4.79 Å². The first-order valence-electron chi connectivity index (χ1n) is 9.56. The van der Waals surface area contributed by atoms with E-state index in [0.717, 1.165) is 37.6 Å². The predicted molar refractivity (Wildman–Crippen MR) is 127 cm³/mol. The van der Waals surface area contributed by atoms with Gasteiger partial charge in [0.15, 0.2) is 5.96 Å². The molecular weight excluding hydrogens is 463 g/mol. The Morgan fingerprint density at radius 1 is 1.11 bits per heavy atom. The zero-order valence-corrected chi connectivity index (χ0v) is 18.9. The second kappa shape index (κ2) is 11.0. The molecule has 3 rings (SSSR count). The van der Waals surface area contributed by atoms with E-state index in [1.807, 2.05) is 35.2 Å². The van der Waals surface area contributed by atoms with Gasteiger partial charge in [0.05, 0.1) is 0 Å². The third-order valence-corrected chi connectivity index (χ3v) is 4.98. The second-order valence-electron chi connectivity index (χ2n) is 6.81. The van der Waals surface area contributed by atoms with Gasteiger partial charge >= 0.3 is 0 Å². The van der Waals surface area contributed by atoms with Gasteiger partial charge in [-0.05, 0) is 42.5 Å². The summed E-state index contributed by atoms with van der Waals surface area (Å²) in [5.41, 5.74) is 4.86. The highest BCUT2D eigenvalue weighted by Gasteiger charge is 2.23. The molecule has 0 atom stereocenters. The number of fused-ring (bicyclic) bond motifs is 1. The van der Waals surface area contributed by atoms with Crippen LogP contribution < -0.4 is 15.5 Å². The van der Waals surface area contributed by atoms with Crippen LogP contribution in [0.5, 0.6) is 0 Å². The Balaban J connectivity index is 0.00000280. The van der Waals surface area contributed by atoms with Crippen LogP contribution in [0.1, 0.15) is 29.5 Å². The molecule has 28 heavy (non-hydrogen) atoms. The summed E-state index contributed by atoms with van der Waals surface area (Å²) in [5.74, 6) is 0.960. The molecule has 0 saturated carbocycles. The summed E-state index contributed by atoms with van der Waals surface area (Å²) in [4.78, 5) is 18.7. The van der Waals surface area contributed by atoms with Crippen LogP contribution in [-0.2, 0) is 17.8 Å². The number of nitrogens with one attached hydrogen (secondary N) is 2. The summed E-state index contributed by atoms with van der Waals surface area (Å²) in [5, 5.41) is 6.62. The third-order valence-electron chi connectivity index (χ3n) is 4.98. The van der Waals surface area contributed by atoms with E-state index < -0.39 is 0 Å². The molecule has 1 aliphatic rings. The lowest BCUT2D eigenvalue weighted by Gasteiger charge is -2.17. The van der Waals surface area contributed by atoms with Gasteiger partial charge in [-0.3, -0.25) is 9.79 Å². The lowest BCUT2D eigenvalue weighted by Crippen LogP contribution is -2.38. The summed E-state index contributed by atoms with van der Waals surface area (Å²) in [6.45, 7) is 4.35. The molecule has 0 fully saturated rings. The molecule has 0 bridgehead atoms. The van der Waals surface area contributed by atoms with Crippen molar-refractivity contribution in [1.82, 2.24) is 10.6 Å². The smallest absolute Gasteiger partial charge is 0.227 e. The van der Waals surface area contributed by atoms with Gasteiger partial charge in [-0.2, -0.15) is 0 Å². The van der Waals surface area contributed by atoms with Crippen LogP contribution in [0.25, 0.3) is 0 Å². The largest absolute Gasteiger partial charge is 0.356 e. The topological polar surface area (TPSA) is 56.7 Å². The van der Waals surface area contributed by atoms with Gasteiger partial charge in [-0.1, -0.05) is 42.5 Å². The number of rotatable bonds is 6. The zero-order valence-electron chi connectivity index (χ0n) is 16.6. The zero-order chi connectivity index (χ0) is 19.1. The van der Waals surface area contributed by atoms with Gasteiger partial charge in [0, 0.05) is 38.8 Å². The maximum Gasteiger partial charge on any atom is 0.227 e. The first kappa shape index (κ1) is 22.2. The van der Waals surface area contributed by atoms with Gasteiger partial charge in [0.25, 0.3) is 0 Å². The standard InChI is InChI=1S/C22H28N4O.HI/c1-17-8-3-4-10-19(17)16-25-22(23-2)24-14-7-12-21(27)26-15-13-18-9-5-6-11-20(18)26;/h3-6,8-11H,7,12-16H2,1-2H3,(H2,23,24,25);1H. The van der Waals surface area contributed by atoms with Gasteiger partial charge in [-0.25, -0.2) is 0 Å². The Morgan fingerprint density at radius 3 is 2.64 bits per heavy atom. The van der Waals surface area contributed by atoms with Crippen molar-refractivity contribution in [1.29, 1.82) is 0 Å². The highest BCUT2D eigenvalue weighted by atomic mass is 127. The van der Waals surface area contributed by atoms with Crippen LogP contribution in [0, 0.1) is 6.92 Å². The lowest BCUT2D eigenvalue weighted by molar-refractivity contribution is -0.118. The van der Waals surface area contributed by atoms with E-state index in [1.54, 1.807) is 7.05 Å². The van der Waals surface area contributed by atoms with Gasteiger partial charge in [-0.15, -0.1) is 24.0 Å². The fourth-order valence-electron chi connectivity index (χ4n) is 3.39. The maximum atomic E-state index is 12.5. The fourth-order valence-corrected chi connectivity index (χ4v) is 3.39. The number of carbonyl (C=O) groups is 1. The van der Waals surface area contributed by atoms with Crippen LogP contribution in [0.2, 0.25) is 0 Å². The first-order chi connectivity index (χ1) is 13.2. The maximum absolute atomic E-state index is 12.5. The monoisotopic (exact) mass is 492 g/mol. The molecule has 0 saturated heterocycles. The van der Waals surface area contributed by atoms with E-state index in [4.69, 9.17) is 0 Å². The minimum absolute atomic E-state index is 0. The average Bonchev–Trinajstić information content (AvgIpc) is 3.12. The summed E-state index contributed by atoms with van der Waals surface area (Å²) in [6.07, 6.45) is 2.27. The Hall–Kier alpha value is -2.09. The summed E-state index contributed by atoms with van der Waals surface area (Å²) in [6, 6.07) is 16.5. The number of aliphatic imine (C=N–C) groups is 1. The molecule has 0 aromatic heterocycles. The molecule has 0 radical (unpaired) electrons. The first-order valence-corrected chi connectivity index (χ1v) is 9.56. The molecule has 0 unspecified atom stereocenters. The number of benzene rings is 2. The van der Waals surface area contributed by atoms with Crippen molar-refractivity contribution in [3.05, 3.63) is 65.2 Å². The molecular formula is C22H29IN4O. The van der Waals surface area contributed by atoms with Crippen molar-refractivity contribution in [3.8, 4) is 0 Å². The normalized spacial score (nSPS) is 12.9. The Morgan fingerprint density at radius 2 is 1.86 bits per heavy atom. The molecule has 5 nitrogen and oxygen atoms in total. The van der Waals surface area contributed by atoms with Gasteiger partial charge in [0.2, 0.25) is 5.91 Å². The van der Waals surface area contributed by atoms with E-state index in [0.29, 0.717) is 13.0 Å². The number of hydrogen-bond acceptors (Lipinski definition) is 2. The summed E-state index contributed by atoms with van der Waals surface area (Å²) >= 11 is 0. The van der Waals surface area contributed by atoms with Crippen LogP contribution in [0.15, 0.2) is 53.5 Å². The molecule has 2 aromatic rings. The third kappa shape index (κ3) is 5.70. The second-order valence-corrected chi connectivity index (χ2v) is 6.81. The molecule has 2 aromatic carbocycles. The number of para-hydroxylation sites is 1. The number of nitrogens with zero attached hydrogens (tertiary/aromatic N) is 2. The minimum Gasteiger partial charge on any atom is -0.356 e. The quantitative estimate of drug-likeness (QED) is 0.280. The number of anilines is 1. The Labute approximate surface area is 184 Å². The van der Waals surface area contributed by atoms with Gasteiger partial charge in [0.1, 0.15) is 0 Å². The van der Waals surface area contributed by atoms with Crippen LogP contribution in [0.4, 0.5) is 5.69 Å². The van der Waals surface area contributed by atoms with Crippen molar-refractivity contribution in [2.75, 3.05) is 25.0 Å². The molecule has 1 amide bonds. The summed E-state index contributed by atoms with van der Waals surface area (Å²) in [7, 11) is 1.76. The van der Waals surface area contributed by atoms with E-state index in [2.05, 4.69) is 40.7 Å². The summed E-state index contributed by atoms with van der Waals surface area (Å²) < 4.78 is 0. The van der Waals surface area contributed by atoms with Crippen molar-refractivity contribution in [2.24, 2.45) is 4.99 Å². The highest BCUT2D eigenvalue weighted by Crippen LogP contribution is 2.27. The van der Waals surface area contributed by atoms with Crippen molar-refractivity contribution >= 4 is 41.5 Å². The molecule has 150 valence electrons. The van der Waals surface area contributed by atoms with Crippen molar-refractivity contribution in [3.63, 3.8) is 0 Å². The Kier molecular flexibility index (Phi) is 8.76. The molecule has 1 aliphatic heterocycles. The van der Waals surface area contributed by atoms with E-state index in [-0.39, 0.29) is 29.9 Å². The number of aryl methyl sites for hydroxylation is 1. The molecule has 2 N–H and O–H groups in total. The number of carbonyl (C=O) groups excluding carboxylic acids is 1. The molecule has 0 aliphatic carbocycles. The van der Waals surface area contributed by atoms with Gasteiger partial charge < -0.3 is 15.5 Å². The number of halogens is 1. The SMILES string of the molecule is CN=C(NCCCC(=O)N1CCc2ccccc21)NCc1ccccc1C.I. The minimum atomic E-state index is 0. The predicted octanol–water partition coefficient (Wildman–Crippen LogP) is 3.65. The van der Waals surface area contributed by atoms with Crippen LogP contribution in [0.3, 0.4) is 0 Å².